The molecule has 25 heavy (non-hydrogen) atoms. The summed E-state index contributed by atoms with van der Waals surface area (Å²) >= 11 is 0. The largest absolute Gasteiger partial charge is 0.508 e. The Morgan fingerprint density at radius 2 is 1.16 bits per heavy atom. The minimum Gasteiger partial charge on any atom is -0.508 e. The summed E-state index contributed by atoms with van der Waals surface area (Å²) in [6.45, 7) is 4.07. The van der Waals surface area contributed by atoms with Crippen LogP contribution in [0.15, 0.2) is 54.6 Å². The highest BCUT2D eigenvalue weighted by atomic mass is 16.3. The molecule has 3 N–H and O–H groups in total. The van der Waals surface area contributed by atoms with Gasteiger partial charge in [-0.25, -0.2) is 0 Å². The average molecular weight is 334 g/mol. The van der Waals surface area contributed by atoms with Gasteiger partial charge < -0.3 is 15.3 Å². The molecule has 0 unspecified atom stereocenters. The van der Waals surface area contributed by atoms with Crippen molar-refractivity contribution in [2.75, 3.05) is 0 Å². The van der Waals surface area contributed by atoms with Crippen LogP contribution in [0.5, 0.6) is 17.2 Å². The van der Waals surface area contributed by atoms with Gasteiger partial charge in [0.1, 0.15) is 17.2 Å². The van der Waals surface area contributed by atoms with Crippen LogP contribution in [0.2, 0.25) is 0 Å². The van der Waals surface area contributed by atoms with E-state index in [1.165, 1.54) is 0 Å². The lowest BCUT2D eigenvalue weighted by Crippen LogP contribution is -2.00. The van der Waals surface area contributed by atoms with E-state index in [9.17, 15) is 15.3 Å². The quantitative estimate of drug-likeness (QED) is 0.653. The lowest BCUT2D eigenvalue weighted by atomic mass is 9.91. The third-order valence-corrected chi connectivity index (χ3v) is 4.67. The van der Waals surface area contributed by atoms with Crippen molar-refractivity contribution in [2.24, 2.45) is 0 Å². The molecule has 0 bridgehead atoms. The predicted octanol–water partition coefficient (Wildman–Crippen LogP) is 4.60. The highest BCUT2D eigenvalue weighted by Gasteiger charge is 2.14. The van der Waals surface area contributed by atoms with Gasteiger partial charge in [-0.2, -0.15) is 0 Å². The fraction of sp³-hybridized carbons (Fsp3) is 0.182. The normalized spacial score (nSPS) is 10.8. The molecule has 0 aliphatic carbocycles. The van der Waals surface area contributed by atoms with Gasteiger partial charge in [-0.15, -0.1) is 0 Å². The van der Waals surface area contributed by atoms with Crippen LogP contribution in [0.1, 0.15) is 33.4 Å². The first-order chi connectivity index (χ1) is 11.9. The topological polar surface area (TPSA) is 60.7 Å². The average Bonchev–Trinajstić information content (AvgIpc) is 2.60. The molecule has 0 spiro atoms. The third-order valence-electron chi connectivity index (χ3n) is 4.67. The summed E-state index contributed by atoms with van der Waals surface area (Å²) in [5.74, 6) is 0.798. The van der Waals surface area contributed by atoms with Crippen molar-refractivity contribution in [1.29, 1.82) is 0 Å². The van der Waals surface area contributed by atoms with Crippen LogP contribution in [0.4, 0.5) is 0 Å². The molecule has 0 aromatic heterocycles. The zero-order chi connectivity index (χ0) is 18.0. The molecule has 3 nitrogen and oxygen atoms in total. The predicted molar refractivity (Wildman–Crippen MR) is 99.4 cm³/mol. The summed E-state index contributed by atoms with van der Waals surface area (Å²) in [6, 6.07) is 16.1. The van der Waals surface area contributed by atoms with Gasteiger partial charge >= 0.3 is 0 Å². The van der Waals surface area contributed by atoms with E-state index in [4.69, 9.17) is 0 Å². The van der Waals surface area contributed by atoms with Crippen molar-refractivity contribution in [3.8, 4) is 17.2 Å². The monoisotopic (exact) mass is 334 g/mol. The Morgan fingerprint density at radius 1 is 0.680 bits per heavy atom. The van der Waals surface area contributed by atoms with Gasteiger partial charge in [0.15, 0.2) is 0 Å². The minimum atomic E-state index is 0.237. The second kappa shape index (κ2) is 6.89. The van der Waals surface area contributed by atoms with Crippen LogP contribution in [0, 0.1) is 13.8 Å². The van der Waals surface area contributed by atoms with Gasteiger partial charge in [-0.05, 0) is 65.9 Å². The van der Waals surface area contributed by atoms with E-state index in [2.05, 4.69) is 6.92 Å². The Balaban J connectivity index is 1.96. The zero-order valence-corrected chi connectivity index (χ0v) is 14.5. The van der Waals surface area contributed by atoms with Gasteiger partial charge in [-0.1, -0.05) is 30.3 Å². The molecule has 0 radical (unpaired) electrons. The first-order valence-corrected chi connectivity index (χ1v) is 8.31. The Bertz CT molecular complexity index is 879. The van der Waals surface area contributed by atoms with E-state index in [0.717, 1.165) is 33.4 Å². The lowest BCUT2D eigenvalue weighted by molar-refractivity contribution is 0.462. The molecule has 3 heteroatoms. The Morgan fingerprint density at radius 3 is 1.68 bits per heavy atom. The summed E-state index contributed by atoms with van der Waals surface area (Å²) in [5, 5.41) is 29.7. The first-order valence-electron chi connectivity index (χ1n) is 8.31. The Hall–Kier alpha value is -2.94. The molecule has 128 valence electrons. The summed E-state index contributed by atoms with van der Waals surface area (Å²) in [6.07, 6.45) is 1.22. The lowest BCUT2D eigenvalue weighted by Gasteiger charge is -2.16. The molecule has 0 aliphatic rings. The molecule has 0 aliphatic heterocycles. The molecule has 3 aromatic carbocycles. The Labute approximate surface area is 147 Å². The molecule has 0 amide bonds. The summed E-state index contributed by atoms with van der Waals surface area (Å²) in [7, 11) is 0. The van der Waals surface area contributed by atoms with E-state index in [1.54, 1.807) is 24.3 Å². The van der Waals surface area contributed by atoms with Crippen molar-refractivity contribution < 1.29 is 15.3 Å². The van der Waals surface area contributed by atoms with E-state index in [-0.39, 0.29) is 11.5 Å². The maximum Gasteiger partial charge on any atom is 0.122 e. The van der Waals surface area contributed by atoms with Gasteiger partial charge in [0, 0.05) is 18.4 Å². The van der Waals surface area contributed by atoms with Crippen LogP contribution >= 0.6 is 0 Å². The number of phenolic OH excluding ortho intramolecular Hbond substituents is 3. The van der Waals surface area contributed by atoms with Crippen LogP contribution in [-0.4, -0.2) is 15.3 Å². The highest BCUT2D eigenvalue weighted by molar-refractivity contribution is 5.52. The van der Waals surface area contributed by atoms with E-state index in [1.807, 2.05) is 37.3 Å². The molecular weight excluding hydrogens is 312 g/mol. The van der Waals surface area contributed by atoms with Crippen LogP contribution in [0.3, 0.4) is 0 Å². The van der Waals surface area contributed by atoms with Crippen molar-refractivity contribution in [3.63, 3.8) is 0 Å². The smallest absolute Gasteiger partial charge is 0.122 e. The maximum absolute atomic E-state index is 10.8. The molecule has 0 saturated carbocycles. The minimum absolute atomic E-state index is 0.237. The van der Waals surface area contributed by atoms with Crippen molar-refractivity contribution >= 4 is 0 Å². The second-order valence-corrected chi connectivity index (χ2v) is 6.49. The number of benzene rings is 3. The number of aryl methyl sites for hydroxylation is 1. The summed E-state index contributed by atoms with van der Waals surface area (Å²) < 4.78 is 0. The first kappa shape index (κ1) is 16.9. The van der Waals surface area contributed by atoms with Gasteiger partial charge in [0.05, 0.1) is 0 Å². The van der Waals surface area contributed by atoms with E-state index >= 15 is 0 Å². The fourth-order valence-electron chi connectivity index (χ4n) is 3.05. The number of hydrogen-bond acceptors (Lipinski definition) is 3. The second-order valence-electron chi connectivity index (χ2n) is 6.49. The van der Waals surface area contributed by atoms with Crippen LogP contribution < -0.4 is 0 Å². The van der Waals surface area contributed by atoms with E-state index in [0.29, 0.717) is 18.6 Å². The van der Waals surface area contributed by atoms with Gasteiger partial charge in [0.2, 0.25) is 0 Å². The fourth-order valence-corrected chi connectivity index (χ4v) is 3.05. The molecule has 3 aromatic rings. The molecule has 0 saturated heterocycles. The summed E-state index contributed by atoms with van der Waals surface area (Å²) in [4.78, 5) is 0. The Kier molecular flexibility index (Phi) is 4.66. The van der Waals surface area contributed by atoms with E-state index < -0.39 is 0 Å². The number of hydrogen-bond donors (Lipinski definition) is 3. The zero-order valence-electron chi connectivity index (χ0n) is 14.5. The van der Waals surface area contributed by atoms with Crippen molar-refractivity contribution in [2.45, 2.75) is 26.7 Å². The van der Waals surface area contributed by atoms with Crippen molar-refractivity contribution in [3.05, 3.63) is 88.0 Å². The van der Waals surface area contributed by atoms with Crippen LogP contribution in [-0.2, 0) is 12.8 Å². The SMILES string of the molecule is Cc1cc(Cc2ccc(O)cc2)c(O)c(Cc2ccc(O)cc2)c1C. The van der Waals surface area contributed by atoms with Gasteiger partial charge in [-0.3, -0.25) is 0 Å². The maximum atomic E-state index is 10.8. The standard InChI is InChI=1S/C22H22O3/c1-14-11-18(12-16-3-7-19(23)8-4-16)22(25)21(15(14)2)13-17-5-9-20(24)10-6-17/h3-11,23-25H,12-13H2,1-2H3. The number of phenols is 3. The number of aromatic hydroxyl groups is 3. The molecule has 0 fully saturated rings. The summed E-state index contributed by atoms with van der Waals surface area (Å²) in [5.41, 5.74) is 6.09. The number of rotatable bonds is 4. The van der Waals surface area contributed by atoms with Gasteiger partial charge in [0.25, 0.3) is 0 Å². The molecule has 0 heterocycles. The third kappa shape index (κ3) is 3.77. The molecule has 3 rings (SSSR count). The van der Waals surface area contributed by atoms with Crippen LogP contribution in [0.25, 0.3) is 0 Å². The molecular formula is C22H22O3. The highest BCUT2D eigenvalue weighted by Crippen LogP contribution is 2.32. The molecule has 0 atom stereocenters. The van der Waals surface area contributed by atoms with Crippen molar-refractivity contribution in [1.82, 2.24) is 0 Å².